The van der Waals surface area contributed by atoms with Crippen molar-refractivity contribution in [2.45, 2.75) is 29.7 Å². The maximum absolute atomic E-state index is 13.4. The molecule has 8 nitrogen and oxygen atoms in total. The van der Waals surface area contributed by atoms with Gasteiger partial charge in [-0.2, -0.15) is 0 Å². The first kappa shape index (κ1) is 23.9. The van der Waals surface area contributed by atoms with Gasteiger partial charge in [0.25, 0.3) is 0 Å². The fourth-order valence-corrected chi connectivity index (χ4v) is 9.46. The summed E-state index contributed by atoms with van der Waals surface area (Å²) in [4.78, 5) is 15.6. The van der Waals surface area contributed by atoms with Crippen molar-refractivity contribution in [1.29, 1.82) is 0 Å². The van der Waals surface area contributed by atoms with Crippen molar-refractivity contribution in [3.8, 4) is 0 Å². The van der Waals surface area contributed by atoms with Gasteiger partial charge in [-0.25, -0.2) is 16.8 Å². The lowest BCUT2D eigenvalue weighted by atomic mass is 10.1. The molecule has 2 aliphatic heterocycles. The van der Waals surface area contributed by atoms with Gasteiger partial charge in [0.15, 0.2) is 19.7 Å². The molecule has 2 heterocycles. The number of hydrogen-bond acceptors (Lipinski definition) is 7. The Morgan fingerprint density at radius 2 is 1.61 bits per heavy atom. The largest absolute Gasteiger partial charge is 0.326 e. The first-order valence-electron chi connectivity index (χ1n) is 11.0. The number of carbonyl (C=O) groups is 1. The van der Waals surface area contributed by atoms with Crippen LogP contribution < -0.4 is 5.32 Å². The maximum Gasteiger partial charge on any atom is 0.221 e. The van der Waals surface area contributed by atoms with Gasteiger partial charge in [-0.3, -0.25) is 14.6 Å². The molecule has 0 saturated carbocycles. The third-order valence-electron chi connectivity index (χ3n) is 6.30. The highest BCUT2D eigenvalue weighted by molar-refractivity contribution is 7.96. The van der Waals surface area contributed by atoms with E-state index in [0.29, 0.717) is 18.8 Å². The summed E-state index contributed by atoms with van der Waals surface area (Å²) in [6.07, 6.45) is 0. The maximum atomic E-state index is 13.4. The molecule has 10 heteroatoms. The standard InChI is InChI=1S/C23H29N3O5S2/c1-18(27)24-20-7-9-21(10-8-20)33(30,31)23-17-32(28,29)16-22(23)26-13-11-25(12-14-26)15-19-5-3-2-4-6-19/h2-10,22-23H,11-17H2,1H3,(H,24,27)/t22-,23-/m0/s1. The zero-order valence-electron chi connectivity index (χ0n) is 18.6. The van der Waals surface area contributed by atoms with Crippen molar-refractivity contribution in [2.24, 2.45) is 0 Å². The van der Waals surface area contributed by atoms with Gasteiger partial charge in [-0.15, -0.1) is 0 Å². The van der Waals surface area contributed by atoms with Crippen LogP contribution in [0.4, 0.5) is 5.69 Å². The minimum absolute atomic E-state index is 0.0754. The summed E-state index contributed by atoms with van der Waals surface area (Å²) in [5.74, 6) is -0.754. The Hall–Kier alpha value is -2.27. The van der Waals surface area contributed by atoms with E-state index in [2.05, 4.69) is 22.3 Å². The van der Waals surface area contributed by atoms with Gasteiger partial charge < -0.3 is 5.32 Å². The summed E-state index contributed by atoms with van der Waals surface area (Å²) < 4.78 is 51.9. The number of hydrogen-bond donors (Lipinski definition) is 1. The van der Waals surface area contributed by atoms with Crippen molar-refractivity contribution >= 4 is 31.3 Å². The predicted octanol–water partition coefficient (Wildman–Crippen LogP) is 1.40. The Balaban J connectivity index is 1.48. The highest BCUT2D eigenvalue weighted by Gasteiger charge is 2.48. The second-order valence-electron chi connectivity index (χ2n) is 8.73. The van der Waals surface area contributed by atoms with Gasteiger partial charge in [-0.1, -0.05) is 30.3 Å². The number of nitrogens with one attached hydrogen (secondary N) is 1. The SMILES string of the molecule is CC(=O)Nc1ccc(S(=O)(=O)[C@H]2CS(=O)(=O)C[C@@H]2N2CCN(Cc3ccccc3)CC2)cc1. The van der Waals surface area contributed by atoms with Gasteiger partial charge >= 0.3 is 0 Å². The van der Waals surface area contributed by atoms with Crippen LogP contribution in [0, 0.1) is 0 Å². The molecule has 2 aromatic carbocycles. The van der Waals surface area contributed by atoms with Gasteiger partial charge in [0.2, 0.25) is 5.91 Å². The lowest BCUT2D eigenvalue weighted by molar-refractivity contribution is -0.114. The van der Waals surface area contributed by atoms with Crippen LogP contribution in [0.2, 0.25) is 0 Å². The molecule has 2 atom stereocenters. The monoisotopic (exact) mass is 491 g/mol. The molecule has 0 unspecified atom stereocenters. The molecular weight excluding hydrogens is 462 g/mol. The molecule has 4 rings (SSSR count). The van der Waals surface area contributed by atoms with E-state index in [1.807, 2.05) is 23.1 Å². The van der Waals surface area contributed by atoms with Crippen molar-refractivity contribution in [3.05, 3.63) is 60.2 Å². The van der Waals surface area contributed by atoms with Crippen molar-refractivity contribution < 1.29 is 21.6 Å². The molecule has 2 aromatic rings. The van der Waals surface area contributed by atoms with Crippen LogP contribution in [0.3, 0.4) is 0 Å². The molecule has 33 heavy (non-hydrogen) atoms. The smallest absolute Gasteiger partial charge is 0.221 e. The highest BCUT2D eigenvalue weighted by Crippen LogP contribution is 2.30. The summed E-state index contributed by atoms with van der Waals surface area (Å²) in [7, 11) is -7.33. The molecule has 2 fully saturated rings. The lowest BCUT2D eigenvalue weighted by Crippen LogP contribution is -2.54. The number of carbonyl (C=O) groups excluding carboxylic acids is 1. The Bertz CT molecular complexity index is 1190. The molecule has 0 spiro atoms. The number of piperazine rings is 1. The molecule has 178 valence electrons. The number of amides is 1. The summed E-state index contributed by atoms with van der Waals surface area (Å²) >= 11 is 0. The van der Waals surface area contributed by atoms with Crippen molar-refractivity contribution in [3.63, 3.8) is 0 Å². The summed E-state index contributed by atoms with van der Waals surface area (Å²) in [6, 6.07) is 15.5. The fraction of sp³-hybridized carbons (Fsp3) is 0.435. The quantitative estimate of drug-likeness (QED) is 0.651. The van der Waals surface area contributed by atoms with Gasteiger partial charge in [-0.05, 0) is 29.8 Å². The van der Waals surface area contributed by atoms with E-state index in [4.69, 9.17) is 0 Å². The van der Waals surface area contributed by atoms with E-state index >= 15 is 0 Å². The van der Waals surface area contributed by atoms with E-state index in [-0.39, 0.29) is 22.3 Å². The first-order chi connectivity index (χ1) is 15.6. The van der Waals surface area contributed by atoms with Crippen LogP contribution in [0.1, 0.15) is 12.5 Å². The summed E-state index contributed by atoms with van der Waals surface area (Å²) in [5.41, 5.74) is 1.71. The number of rotatable bonds is 6. The van der Waals surface area contributed by atoms with Crippen LogP contribution >= 0.6 is 0 Å². The Morgan fingerprint density at radius 1 is 0.970 bits per heavy atom. The summed E-state index contributed by atoms with van der Waals surface area (Å²) in [5, 5.41) is 1.60. The average molecular weight is 492 g/mol. The van der Waals surface area contributed by atoms with E-state index < -0.39 is 31.0 Å². The fourth-order valence-electron chi connectivity index (χ4n) is 4.63. The molecule has 0 aliphatic carbocycles. The minimum Gasteiger partial charge on any atom is -0.326 e. The van der Waals surface area contributed by atoms with E-state index in [1.54, 1.807) is 0 Å². The third kappa shape index (κ3) is 5.63. The van der Waals surface area contributed by atoms with Crippen LogP contribution in [-0.2, 0) is 31.0 Å². The van der Waals surface area contributed by atoms with Gasteiger partial charge in [0, 0.05) is 51.4 Å². The normalized spacial score (nSPS) is 23.9. The highest BCUT2D eigenvalue weighted by atomic mass is 32.2. The zero-order chi connectivity index (χ0) is 23.6. The first-order valence-corrected chi connectivity index (χ1v) is 14.3. The van der Waals surface area contributed by atoms with Crippen LogP contribution in [0.15, 0.2) is 59.5 Å². The molecular formula is C23H29N3O5S2. The number of nitrogens with zero attached hydrogens (tertiary/aromatic N) is 2. The Labute approximate surface area is 195 Å². The molecule has 1 amide bonds. The predicted molar refractivity (Wildman–Crippen MR) is 127 cm³/mol. The molecule has 2 saturated heterocycles. The lowest BCUT2D eigenvalue weighted by Gasteiger charge is -2.39. The topological polar surface area (TPSA) is 104 Å². The number of sulfone groups is 2. The molecule has 0 aromatic heterocycles. The minimum atomic E-state index is -3.86. The molecule has 0 bridgehead atoms. The van der Waals surface area contributed by atoms with Crippen LogP contribution in [0.5, 0.6) is 0 Å². The number of anilines is 1. The second-order valence-corrected chi connectivity index (χ2v) is 13.1. The van der Waals surface area contributed by atoms with Crippen molar-refractivity contribution in [1.82, 2.24) is 9.80 Å². The Morgan fingerprint density at radius 3 is 2.21 bits per heavy atom. The van der Waals surface area contributed by atoms with E-state index in [0.717, 1.165) is 19.6 Å². The van der Waals surface area contributed by atoms with Gasteiger partial charge in [0.1, 0.15) is 0 Å². The Kier molecular flexibility index (Phi) is 6.90. The second kappa shape index (κ2) is 9.54. The molecule has 1 N–H and O–H groups in total. The van der Waals surface area contributed by atoms with Crippen molar-refractivity contribution in [2.75, 3.05) is 43.0 Å². The molecule has 2 aliphatic rings. The number of benzene rings is 2. The summed E-state index contributed by atoms with van der Waals surface area (Å²) in [6.45, 7) is 4.95. The van der Waals surface area contributed by atoms with Gasteiger partial charge in [0.05, 0.1) is 21.7 Å². The third-order valence-corrected chi connectivity index (χ3v) is 10.4. The average Bonchev–Trinajstić information content (AvgIpc) is 3.11. The molecule has 0 radical (unpaired) electrons. The van der Waals surface area contributed by atoms with E-state index in [9.17, 15) is 21.6 Å². The zero-order valence-corrected chi connectivity index (χ0v) is 20.2. The van der Waals surface area contributed by atoms with Crippen LogP contribution in [-0.4, -0.2) is 81.5 Å². The van der Waals surface area contributed by atoms with E-state index in [1.165, 1.54) is 36.8 Å². The van der Waals surface area contributed by atoms with Crippen LogP contribution in [0.25, 0.3) is 0 Å².